The van der Waals surface area contributed by atoms with E-state index < -0.39 is 6.10 Å². The van der Waals surface area contributed by atoms with Gasteiger partial charge in [-0.1, -0.05) is 13.0 Å². The molecule has 0 heterocycles. The Morgan fingerprint density at radius 1 is 1.53 bits per heavy atom. The van der Waals surface area contributed by atoms with Crippen LogP contribution in [0.2, 0.25) is 0 Å². The highest BCUT2D eigenvalue weighted by Crippen LogP contribution is 2.26. The van der Waals surface area contributed by atoms with Crippen molar-refractivity contribution in [2.75, 3.05) is 13.6 Å². The zero-order chi connectivity index (χ0) is 11.4. The fraction of sp³-hybridized carbons (Fsp3) is 0.455. The van der Waals surface area contributed by atoms with Crippen molar-refractivity contribution >= 4 is 15.9 Å². The number of aliphatic hydroxyl groups excluding tert-OH is 1. The first-order valence-corrected chi connectivity index (χ1v) is 5.69. The Balaban J connectivity index is 3.09. The van der Waals surface area contributed by atoms with Gasteiger partial charge in [-0.3, -0.25) is 0 Å². The van der Waals surface area contributed by atoms with E-state index in [4.69, 9.17) is 0 Å². The Hall–Kier alpha value is -0.450. The molecule has 84 valence electrons. The second-order valence-electron chi connectivity index (χ2n) is 3.41. The van der Waals surface area contributed by atoms with Gasteiger partial charge in [0.1, 0.15) is 5.82 Å². The minimum atomic E-state index is -0.808. The van der Waals surface area contributed by atoms with Gasteiger partial charge in [0.05, 0.1) is 10.6 Å². The highest BCUT2D eigenvalue weighted by atomic mass is 79.9. The normalized spacial score (nSPS) is 12.9. The first-order chi connectivity index (χ1) is 7.10. The number of halogens is 2. The van der Waals surface area contributed by atoms with Gasteiger partial charge in [0, 0.05) is 12.1 Å². The van der Waals surface area contributed by atoms with Crippen LogP contribution in [0, 0.1) is 5.82 Å². The van der Waals surface area contributed by atoms with Gasteiger partial charge in [0.2, 0.25) is 0 Å². The minimum absolute atomic E-state index is 0.343. The Bertz CT molecular complexity index is 344. The molecule has 0 bridgehead atoms. The van der Waals surface area contributed by atoms with Crippen molar-refractivity contribution in [3.05, 3.63) is 33.5 Å². The molecule has 0 saturated heterocycles. The molecule has 0 spiro atoms. The number of nitrogens with one attached hydrogen (secondary N) is 1. The summed E-state index contributed by atoms with van der Waals surface area (Å²) in [5.41, 5.74) is 1.35. The summed E-state index contributed by atoms with van der Waals surface area (Å²) in [5, 5.41) is 12.5. The zero-order valence-corrected chi connectivity index (χ0v) is 10.4. The van der Waals surface area contributed by atoms with Gasteiger partial charge < -0.3 is 10.4 Å². The van der Waals surface area contributed by atoms with Gasteiger partial charge in [-0.15, -0.1) is 0 Å². The third-order valence-electron chi connectivity index (χ3n) is 2.28. The largest absolute Gasteiger partial charge is 0.387 e. The summed E-state index contributed by atoms with van der Waals surface area (Å²) >= 11 is 3.15. The van der Waals surface area contributed by atoms with E-state index in [2.05, 4.69) is 21.2 Å². The second kappa shape index (κ2) is 5.58. The van der Waals surface area contributed by atoms with Crippen molar-refractivity contribution in [2.24, 2.45) is 0 Å². The predicted molar refractivity (Wildman–Crippen MR) is 62.4 cm³/mol. The molecule has 2 N–H and O–H groups in total. The molecule has 15 heavy (non-hydrogen) atoms. The Morgan fingerprint density at radius 3 is 2.73 bits per heavy atom. The molecule has 0 aliphatic carbocycles. The Kier molecular flexibility index (Phi) is 4.70. The maximum Gasteiger partial charge on any atom is 0.143 e. The number of aliphatic hydroxyl groups is 1. The van der Waals surface area contributed by atoms with Crippen LogP contribution in [0.5, 0.6) is 0 Å². The van der Waals surface area contributed by atoms with Gasteiger partial charge in [-0.2, -0.15) is 0 Å². The average molecular weight is 276 g/mol. The third kappa shape index (κ3) is 3.00. The molecular formula is C11H15BrFNO. The Labute approximate surface area is 97.6 Å². The van der Waals surface area contributed by atoms with Crippen LogP contribution in [-0.2, 0) is 6.42 Å². The standard InChI is InChI=1S/C11H15BrFNO/c1-3-7-4-8(10(15)6-14-2)11(13)9(12)5-7/h4-5,10,14-15H,3,6H2,1-2H3. The molecule has 1 atom stereocenters. The van der Waals surface area contributed by atoms with E-state index >= 15 is 0 Å². The van der Waals surface area contributed by atoms with Crippen LogP contribution < -0.4 is 5.32 Å². The smallest absolute Gasteiger partial charge is 0.143 e. The van der Waals surface area contributed by atoms with Gasteiger partial charge in [0.15, 0.2) is 0 Å². The number of likely N-dealkylation sites (N-methyl/N-ethyl adjacent to an activating group) is 1. The van der Waals surface area contributed by atoms with E-state index in [0.717, 1.165) is 12.0 Å². The van der Waals surface area contributed by atoms with E-state index in [-0.39, 0.29) is 5.82 Å². The summed E-state index contributed by atoms with van der Waals surface area (Å²) in [6.45, 7) is 2.34. The molecule has 0 aromatic heterocycles. The van der Waals surface area contributed by atoms with Crippen LogP contribution in [0.4, 0.5) is 4.39 Å². The van der Waals surface area contributed by atoms with Crippen molar-refractivity contribution in [3.63, 3.8) is 0 Å². The maximum atomic E-state index is 13.7. The predicted octanol–water partition coefficient (Wildman–Crippen LogP) is 2.40. The SMILES string of the molecule is CCc1cc(Br)c(F)c(C(O)CNC)c1. The first-order valence-electron chi connectivity index (χ1n) is 4.90. The number of benzene rings is 1. The molecule has 1 aromatic carbocycles. The molecule has 1 unspecified atom stereocenters. The van der Waals surface area contributed by atoms with E-state index in [1.165, 1.54) is 0 Å². The van der Waals surface area contributed by atoms with E-state index in [9.17, 15) is 9.50 Å². The second-order valence-corrected chi connectivity index (χ2v) is 4.26. The van der Waals surface area contributed by atoms with E-state index in [0.29, 0.717) is 16.6 Å². The fourth-order valence-corrected chi connectivity index (χ4v) is 1.94. The van der Waals surface area contributed by atoms with Crippen molar-refractivity contribution in [1.82, 2.24) is 5.32 Å². The molecule has 0 aliphatic rings. The molecule has 1 aromatic rings. The quantitative estimate of drug-likeness (QED) is 0.885. The van der Waals surface area contributed by atoms with Crippen LogP contribution in [0.15, 0.2) is 16.6 Å². The summed E-state index contributed by atoms with van der Waals surface area (Å²) in [7, 11) is 1.72. The lowest BCUT2D eigenvalue weighted by molar-refractivity contribution is 0.173. The molecule has 1 rings (SSSR count). The molecule has 0 fully saturated rings. The van der Waals surface area contributed by atoms with Gasteiger partial charge >= 0.3 is 0 Å². The van der Waals surface area contributed by atoms with Crippen LogP contribution in [0.25, 0.3) is 0 Å². The molecule has 2 nitrogen and oxygen atoms in total. The number of aryl methyl sites for hydroxylation is 1. The third-order valence-corrected chi connectivity index (χ3v) is 2.86. The summed E-state index contributed by atoms with van der Waals surface area (Å²) in [5.74, 6) is -0.380. The molecule has 0 amide bonds. The molecular weight excluding hydrogens is 261 g/mol. The lowest BCUT2D eigenvalue weighted by Crippen LogP contribution is -2.18. The summed E-state index contributed by atoms with van der Waals surface area (Å²) in [6, 6.07) is 3.45. The van der Waals surface area contributed by atoms with Crippen molar-refractivity contribution in [3.8, 4) is 0 Å². The van der Waals surface area contributed by atoms with E-state index in [1.807, 2.05) is 6.92 Å². The van der Waals surface area contributed by atoms with Gasteiger partial charge in [0.25, 0.3) is 0 Å². The highest BCUT2D eigenvalue weighted by molar-refractivity contribution is 9.10. The monoisotopic (exact) mass is 275 g/mol. The Morgan fingerprint density at radius 2 is 2.20 bits per heavy atom. The molecule has 0 aliphatic heterocycles. The van der Waals surface area contributed by atoms with Crippen LogP contribution in [0.3, 0.4) is 0 Å². The first kappa shape index (κ1) is 12.6. The van der Waals surface area contributed by atoms with Crippen molar-refractivity contribution in [2.45, 2.75) is 19.4 Å². The van der Waals surface area contributed by atoms with Crippen LogP contribution in [0.1, 0.15) is 24.2 Å². The topological polar surface area (TPSA) is 32.3 Å². The summed E-state index contributed by atoms with van der Waals surface area (Å²) in [4.78, 5) is 0. The summed E-state index contributed by atoms with van der Waals surface area (Å²) < 4.78 is 14.1. The van der Waals surface area contributed by atoms with Crippen molar-refractivity contribution in [1.29, 1.82) is 0 Å². The zero-order valence-electron chi connectivity index (χ0n) is 8.85. The van der Waals surface area contributed by atoms with Crippen LogP contribution in [-0.4, -0.2) is 18.7 Å². The van der Waals surface area contributed by atoms with Crippen LogP contribution >= 0.6 is 15.9 Å². The van der Waals surface area contributed by atoms with Gasteiger partial charge in [-0.05, 0) is 41.0 Å². The molecule has 0 radical (unpaired) electrons. The lowest BCUT2D eigenvalue weighted by Gasteiger charge is -2.13. The number of rotatable bonds is 4. The van der Waals surface area contributed by atoms with E-state index in [1.54, 1.807) is 19.2 Å². The number of hydrogen-bond donors (Lipinski definition) is 2. The maximum absolute atomic E-state index is 13.7. The van der Waals surface area contributed by atoms with Gasteiger partial charge in [-0.25, -0.2) is 4.39 Å². The molecule has 0 saturated carbocycles. The molecule has 4 heteroatoms. The highest BCUT2D eigenvalue weighted by Gasteiger charge is 2.15. The minimum Gasteiger partial charge on any atom is -0.387 e. The summed E-state index contributed by atoms with van der Waals surface area (Å²) in [6.07, 6.45) is 0.0100. The lowest BCUT2D eigenvalue weighted by atomic mass is 10.0. The number of hydrogen-bond acceptors (Lipinski definition) is 2. The average Bonchev–Trinajstić information content (AvgIpc) is 2.22. The fourth-order valence-electron chi connectivity index (χ4n) is 1.42. The van der Waals surface area contributed by atoms with Crippen molar-refractivity contribution < 1.29 is 9.50 Å².